The Bertz CT molecular complexity index is 1600. The molecule has 0 aliphatic heterocycles. The summed E-state index contributed by atoms with van der Waals surface area (Å²) in [5, 5.41) is 19.9. The highest BCUT2D eigenvalue weighted by Crippen LogP contribution is 2.28. The second kappa shape index (κ2) is 12.6. The minimum atomic E-state index is -3.81. The number of benzene rings is 2. The number of ether oxygens (including phenoxy) is 1. The van der Waals surface area contributed by atoms with Crippen molar-refractivity contribution in [3.63, 3.8) is 0 Å². The average Bonchev–Trinajstić information content (AvgIpc) is 3.37. The van der Waals surface area contributed by atoms with Gasteiger partial charge >= 0.3 is 16.2 Å². The molecule has 13 heteroatoms. The number of amides is 2. The molecule has 0 saturated heterocycles. The van der Waals surface area contributed by atoms with Crippen molar-refractivity contribution in [1.82, 2.24) is 19.1 Å². The molecular weight excluding hydrogens is 558 g/mol. The molecule has 12 nitrogen and oxygen atoms in total. The van der Waals surface area contributed by atoms with Gasteiger partial charge in [0.15, 0.2) is 0 Å². The van der Waals surface area contributed by atoms with E-state index in [1.54, 1.807) is 83.8 Å². The van der Waals surface area contributed by atoms with Crippen LogP contribution in [0.3, 0.4) is 0 Å². The van der Waals surface area contributed by atoms with Crippen LogP contribution in [-0.4, -0.2) is 65.9 Å². The van der Waals surface area contributed by atoms with Gasteiger partial charge in [0.2, 0.25) is 0 Å². The first-order valence-corrected chi connectivity index (χ1v) is 14.6. The topological polar surface area (TPSA) is 142 Å². The lowest BCUT2D eigenvalue weighted by Crippen LogP contribution is -2.41. The molecule has 0 unspecified atom stereocenters. The number of nitrogens with one attached hydrogen (secondary N) is 2. The number of hydrogen-bond donors (Lipinski definition) is 3. The van der Waals surface area contributed by atoms with E-state index < -0.39 is 16.2 Å². The van der Waals surface area contributed by atoms with Crippen LogP contribution in [-0.2, 0) is 15.6 Å². The number of hydrogen-bond acceptors (Lipinski definition) is 7. The number of rotatable bonds is 10. The third kappa shape index (κ3) is 7.24. The molecule has 2 heterocycles. The van der Waals surface area contributed by atoms with Gasteiger partial charge in [-0.3, -0.25) is 14.6 Å². The Morgan fingerprint density at radius 1 is 0.952 bits per heavy atom. The smallest absolute Gasteiger partial charge is 0.324 e. The predicted molar refractivity (Wildman–Crippen MR) is 163 cm³/mol. The van der Waals surface area contributed by atoms with Crippen LogP contribution in [0.5, 0.6) is 11.5 Å². The fraction of sp³-hybridized carbons (Fsp3) is 0.276. The van der Waals surface area contributed by atoms with Crippen molar-refractivity contribution < 1.29 is 23.1 Å². The van der Waals surface area contributed by atoms with Crippen molar-refractivity contribution in [2.24, 2.45) is 0 Å². The van der Waals surface area contributed by atoms with Crippen LogP contribution in [0, 0.1) is 0 Å². The predicted octanol–water partition coefficient (Wildman–Crippen LogP) is 4.61. The number of nitrogens with zero attached hydrogens (tertiary/aromatic N) is 5. The fourth-order valence-corrected chi connectivity index (χ4v) is 4.98. The third-order valence-corrected chi connectivity index (χ3v) is 8.02. The maximum absolute atomic E-state index is 13.0. The van der Waals surface area contributed by atoms with E-state index in [0.717, 1.165) is 14.3 Å². The molecule has 2 aromatic carbocycles. The number of aromatic nitrogens is 3. The summed E-state index contributed by atoms with van der Waals surface area (Å²) in [7, 11) is -0.951. The van der Waals surface area contributed by atoms with E-state index in [-0.39, 0.29) is 18.6 Å². The van der Waals surface area contributed by atoms with Crippen LogP contribution in [0.4, 0.5) is 22.0 Å². The monoisotopic (exact) mass is 593 g/mol. The zero-order chi connectivity index (χ0) is 30.5. The Balaban J connectivity index is 1.54. The van der Waals surface area contributed by atoms with Crippen molar-refractivity contribution in [1.29, 1.82) is 0 Å². The summed E-state index contributed by atoms with van der Waals surface area (Å²) in [4.78, 5) is 17.0. The highest BCUT2D eigenvalue weighted by Gasteiger charge is 2.25. The molecule has 2 amide bonds. The number of aliphatic hydroxyl groups excluding tert-OH is 1. The SMILES string of the molecule is CN(C)S(=O)(=O)N(CCO)c1ccc(-n2nc(C(C)(C)C)cc2NC(=O)Nc2ccc(Oc3ccncc3)cc2)cc1. The lowest BCUT2D eigenvalue weighted by Gasteiger charge is -2.26. The molecule has 4 rings (SSSR count). The molecule has 0 saturated carbocycles. The molecule has 0 spiro atoms. The summed E-state index contributed by atoms with van der Waals surface area (Å²) in [5.41, 5.74) is 1.99. The van der Waals surface area contributed by atoms with E-state index in [0.29, 0.717) is 34.4 Å². The standard InChI is InChI=1S/C29H35N7O5S/c1-29(2,3)26-20-27(32-28(38)31-21-6-12-24(13-7-21)41-25-14-16-30-17-15-25)36(33-26)23-10-8-22(9-11-23)35(18-19-37)42(39,40)34(4)5/h6-17,20,37H,18-19H2,1-5H3,(H2,31,32,38). The molecule has 42 heavy (non-hydrogen) atoms. The van der Waals surface area contributed by atoms with Crippen molar-refractivity contribution in [2.75, 3.05) is 42.2 Å². The maximum Gasteiger partial charge on any atom is 0.324 e. The lowest BCUT2D eigenvalue weighted by molar-refractivity contribution is 0.262. The highest BCUT2D eigenvalue weighted by molar-refractivity contribution is 7.90. The third-order valence-electron chi connectivity index (χ3n) is 6.14. The molecule has 0 bridgehead atoms. The van der Waals surface area contributed by atoms with Crippen molar-refractivity contribution in [2.45, 2.75) is 26.2 Å². The zero-order valence-corrected chi connectivity index (χ0v) is 25.0. The Morgan fingerprint density at radius 3 is 2.14 bits per heavy atom. The summed E-state index contributed by atoms with van der Waals surface area (Å²) in [6.07, 6.45) is 3.28. The van der Waals surface area contributed by atoms with Gasteiger partial charge in [-0.25, -0.2) is 9.48 Å². The van der Waals surface area contributed by atoms with Crippen LogP contribution in [0.15, 0.2) is 79.1 Å². The van der Waals surface area contributed by atoms with Gasteiger partial charge in [0.1, 0.15) is 17.3 Å². The van der Waals surface area contributed by atoms with Gasteiger partial charge in [-0.15, -0.1) is 0 Å². The van der Waals surface area contributed by atoms with Gasteiger partial charge in [-0.1, -0.05) is 20.8 Å². The number of carbonyl (C=O) groups excluding carboxylic acids is 1. The maximum atomic E-state index is 13.0. The lowest BCUT2D eigenvalue weighted by atomic mass is 9.92. The molecule has 0 fully saturated rings. The van der Waals surface area contributed by atoms with E-state index in [2.05, 4.69) is 15.6 Å². The molecule has 2 aromatic heterocycles. The molecule has 0 radical (unpaired) electrons. The van der Waals surface area contributed by atoms with Crippen molar-refractivity contribution >= 4 is 33.4 Å². The Hall–Kier alpha value is -4.46. The van der Waals surface area contributed by atoms with E-state index in [4.69, 9.17) is 9.84 Å². The van der Waals surface area contributed by atoms with Gasteiger partial charge < -0.3 is 15.2 Å². The summed E-state index contributed by atoms with van der Waals surface area (Å²) < 4.78 is 35.1. The molecule has 222 valence electrons. The van der Waals surface area contributed by atoms with Crippen LogP contribution < -0.4 is 19.7 Å². The number of aliphatic hydroxyl groups is 1. The average molecular weight is 594 g/mol. The highest BCUT2D eigenvalue weighted by atomic mass is 32.2. The minimum Gasteiger partial charge on any atom is -0.457 e. The van der Waals surface area contributed by atoms with Gasteiger partial charge in [0.05, 0.1) is 30.2 Å². The first kappa shape index (κ1) is 30.5. The quantitative estimate of drug-likeness (QED) is 0.244. The van der Waals surface area contributed by atoms with E-state index in [9.17, 15) is 18.3 Å². The van der Waals surface area contributed by atoms with Crippen molar-refractivity contribution in [3.8, 4) is 17.2 Å². The van der Waals surface area contributed by atoms with Crippen LogP contribution >= 0.6 is 0 Å². The van der Waals surface area contributed by atoms with Crippen LogP contribution in [0.2, 0.25) is 0 Å². The van der Waals surface area contributed by atoms with E-state index in [1.165, 1.54) is 14.1 Å². The summed E-state index contributed by atoms with van der Waals surface area (Å²) >= 11 is 0. The molecular formula is C29H35N7O5S. The summed E-state index contributed by atoms with van der Waals surface area (Å²) in [6.45, 7) is 5.61. The zero-order valence-electron chi connectivity index (χ0n) is 24.1. The number of anilines is 3. The van der Waals surface area contributed by atoms with Gasteiger partial charge in [-0.05, 0) is 60.7 Å². The van der Waals surface area contributed by atoms with Gasteiger partial charge in [0, 0.05) is 43.7 Å². The Kier molecular flexibility index (Phi) is 9.14. The fourth-order valence-electron chi connectivity index (χ4n) is 3.89. The van der Waals surface area contributed by atoms with E-state index in [1.807, 2.05) is 20.8 Å². The van der Waals surface area contributed by atoms with E-state index >= 15 is 0 Å². The normalized spacial score (nSPS) is 11.8. The second-order valence-corrected chi connectivity index (χ2v) is 12.6. The number of urea groups is 1. The molecule has 0 aliphatic rings. The molecule has 3 N–H and O–H groups in total. The van der Waals surface area contributed by atoms with Crippen LogP contribution in [0.1, 0.15) is 26.5 Å². The van der Waals surface area contributed by atoms with Crippen LogP contribution in [0.25, 0.3) is 5.69 Å². The summed E-state index contributed by atoms with van der Waals surface area (Å²) in [5.74, 6) is 1.69. The Morgan fingerprint density at radius 2 is 1.57 bits per heavy atom. The van der Waals surface area contributed by atoms with Gasteiger partial charge in [0.25, 0.3) is 0 Å². The number of pyridine rings is 1. The number of carbonyl (C=O) groups is 1. The second-order valence-electron chi connectivity index (χ2n) is 10.6. The van der Waals surface area contributed by atoms with Gasteiger partial charge in [-0.2, -0.15) is 17.8 Å². The first-order valence-electron chi connectivity index (χ1n) is 13.2. The molecule has 0 aliphatic carbocycles. The first-order chi connectivity index (χ1) is 19.9. The molecule has 4 aromatic rings. The van der Waals surface area contributed by atoms with Crippen molar-refractivity contribution in [3.05, 3.63) is 84.8 Å². The summed E-state index contributed by atoms with van der Waals surface area (Å²) in [6, 6.07) is 18.4. The Labute approximate surface area is 245 Å². The largest absolute Gasteiger partial charge is 0.457 e. The minimum absolute atomic E-state index is 0.0976. The molecule has 0 atom stereocenters.